The van der Waals surface area contributed by atoms with Gasteiger partial charge in [-0.05, 0) is 49.4 Å². The van der Waals surface area contributed by atoms with E-state index in [0.29, 0.717) is 13.0 Å². The average molecular weight is 335 g/mol. The zero-order valence-corrected chi connectivity index (χ0v) is 14.3. The van der Waals surface area contributed by atoms with Gasteiger partial charge in [-0.1, -0.05) is 24.3 Å². The molecule has 1 amide bonds. The summed E-state index contributed by atoms with van der Waals surface area (Å²) in [5, 5.41) is 5.96. The molecule has 4 nitrogen and oxygen atoms in total. The minimum atomic E-state index is -0.0472. The zero-order chi connectivity index (χ0) is 15.8. The smallest absolute Gasteiger partial charge is 0.227 e. The molecule has 0 unspecified atom stereocenters. The number of carbonyl (C=O) groups excluding carboxylic acids is 1. The Morgan fingerprint density at radius 3 is 2.52 bits per heavy atom. The largest absolute Gasteiger partial charge is 0.493 e. The lowest BCUT2D eigenvalue weighted by atomic mass is 10.2. The number of amides is 1. The van der Waals surface area contributed by atoms with Crippen molar-refractivity contribution >= 4 is 24.0 Å². The highest BCUT2D eigenvalue weighted by Gasteiger charge is 2.03. The summed E-state index contributed by atoms with van der Waals surface area (Å²) in [6.07, 6.45) is 0.326. The van der Waals surface area contributed by atoms with E-state index in [1.165, 1.54) is 5.56 Å². The number of rotatable bonds is 7. The maximum atomic E-state index is 11.9. The number of hydrogen-bond donors (Lipinski definition) is 2. The average Bonchev–Trinajstić information content (AvgIpc) is 2.50. The molecule has 0 radical (unpaired) electrons. The van der Waals surface area contributed by atoms with Crippen molar-refractivity contribution in [2.24, 2.45) is 0 Å². The van der Waals surface area contributed by atoms with Gasteiger partial charge in [-0.15, -0.1) is 12.4 Å². The monoisotopic (exact) mass is 334 g/mol. The van der Waals surface area contributed by atoms with E-state index in [4.69, 9.17) is 4.74 Å². The minimum absolute atomic E-state index is 0. The van der Waals surface area contributed by atoms with Crippen molar-refractivity contribution in [1.82, 2.24) is 5.32 Å². The Bertz CT molecular complexity index is 615. The molecule has 2 N–H and O–H groups in total. The molecule has 0 saturated heterocycles. The Balaban J connectivity index is 0.00000264. The van der Waals surface area contributed by atoms with Gasteiger partial charge >= 0.3 is 0 Å². The molecule has 2 aromatic rings. The summed E-state index contributed by atoms with van der Waals surface area (Å²) in [5.41, 5.74) is 3.13. The normalized spacial score (nSPS) is 9.83. The van der Waals surface area contributed by atoms with E-state index < -0.39 is 0 Å². The lowest BCUT2D eigenvalue weighted by molar-refractivity contribution is -0.116. The highest BCUT2D eigenvalue weighted by Crippen LogP contribution is 2.13. The molecule has 0 saturated carbocycles. The number of anilines is 1. The molecule has 0 spiro atoms. The van der Waals surface area contributed by atoms with Crippen LogP contribution in [0.25, 0.3) is 0 Å². The molecule has 0 fully saturated rings. The van der Waals surface area contributed by atoms with E-state index in [9.17, 15) is 4.79 Å². The summed E-state index contributed by atoms with van der Waals surface area (Å²) in [5.74, 6) is 0.748. The van der Waals surface area contributed by atoms with Crippen LogP contribution in [0.3, 0.4) is 0 Å². The fourth-order valence-corrected chi connectivity index (χ4v) is 2.10. The Labute approximate surface area is 143 Å². The third-order valence-electron chi connectivity index (χ3n) is 3.21. The summed E-state index contributed by atoms with van der Waals surface area (Å²) in [4.78, 5) is 11.9. The van der Waals surface area contributed by atoms with Gasteiger partial charge in [-0.2, -0.15) is 0 Å². The number of benzene rings is 2. The van der Waals surface area contributed by atoms with E-state index in [2.05, 4.69) is 10.6 Å². The van der Waals surface area contributed by atoms with Gasteiger partial charge in [0.05, 0.1) is 13.0 Å². The van der Waals surface area contributed by atoms with Crippen molar-refractivity contribution in [1.29, 1.82) is 0 Å². The molecule has 23 heavy (non-hydrogen) atoms. The van der Waals surface area contributed by atoms with Crippen LogP contribution in [0, 0.1) is 6.92 Å². The Hall–Kier alpha value is -2.04. The second-order valence-electron chi connectivity index (χ2n) is 5.19. The maximum Gasteiger partial charge on any atom is 0.227 e. The first-order valence-corrected chi connectivity index (χ1v) is 7.40. The van der Waals surface area contributed by atoms with Crippen molar-refractivity contribution in [3.05, 3.63) is 59.7 Å². The first kappa shape index (κ1) is 19.0. The van der Waals surface area contributed by atoms with Gasteiger partial charge in [0, 0.05) is 12.2 Å². The molecular weight excluding hydrogens is 312 g/mol. The second kappa shape index (κ2) is 9.87. The molecule has 0 aliphatic rings. The Kier molecular flexibility index (Phi) is 8.16. The molecule has 2 aromatic carbocycles. The van der Waals surface area contributed by atoms with Crippen LogP contribution in [0.15, 0.2) is 48.5 Å². The van der Waals surface area contributed by atoms with Crippen LogP contribution >= 0.6 is 12.4 Å². The number of hydrogen-bond acceptors (Lipinski definition) is 3. The van der Waals surface area contributed by atoms with Crippen LogP contribution in [0.2, 0.25) is 0 Å². The van der Waals surface area contributed by atoms with Crippen LogP contribution in [0.4, 0.5) is 5.69 Å². The number of carbonyl (C=O) groups is 1. The van der Waals surface area contributed by atoms with Gasteiger partial charge in [0.15, 0.2) is 0 Å². The van der Waals surface area contributed by atoms with E-state index in [0.717, 1.165) is 23.5 Å². The van der Waals surface area contributed by atoms with Gasteiger partial charge < -0.3 is 15.4 Å². The Morgan fingerprint density at radius 1 is 1.13 bits per heavy atom. The highest BCUT2D eigenvalue weighted by molar-refractivity contribution is 5.90. The summed E-state index contributed by atoms with van der Waals surface area (Å²) >= 11 is 0. The number of nitrogens with one attached hydrogen (secondary N) is 2. The molecule has 124 valence electrons. The molecule has 0 aliphatic carbocycles. The summed E-state index contributed by atoms with van der Waals surface area (Å²) in [6, 6.07) is 15.6. The van der Waals surface area contributed by atoms with Crippen LogP contribution in [-0.4, -0.2) is 19.6 Å². The lowest BCUT2D eigenvalue weighted by Gasteiger charge is -2.08. The summed E-state index contributed by atoms with van der Waals surface area (Å²) in [6.45, 7) is 3.20. The van der Waals surface area contributed by atoms with Gasteiger partial charge in [0.1, 0.15) is 5.75 Å². The zero-order valence-electron chi connectivity index (χ0n) is 13.5. The van der Waals surface area contributed by atoms with E-state index in [1.807, 2.05) is 62.5 Å². The number of halogens is 1. The van der Waals surface area contributed by atoms with Crippen LogP contribution in [0.5, 0.6) is 5.75 Å². The van der Waals surface area contributed by atoms with Gasteiger partial charge in [0.25, 0.3) is 0 Å². The van der Waals surface area contributed by atoms with E-state index in [1.54, 1.807) is 0 Å². The standard InChI is InChI=1S/C18H22N2O2.ClH/c1-14-4-3-5-17(12-14)22-11-10-18(21)20-16-8-6-15(7-9-16)13-19-2;/h3-9,12,19H,10-11,13H2,1-2H3,(H,20,21);1H. The van der Waals surface area contributed by atoms with Crippen LogP contribution < -0.4 is 15.4 Å². The molecule has 0 aromatic heterocycles. The molecule has 0 heterocycles. The van der Waals surface area contributed by atoms with Gasteiger partial charge in [-0.3, -0.25) is 4.79 Å². The van der Waals surface area contributed by atoms with Crippen LogP contribution in [-0.2, 0) is 11.3 Å². The quantitative estimate of drug-likeness (QED) is 0.814. The molecule has 0 atom stereocenters. The van der Waals surface area contributed by atoms with Gasteiger partial charge in [-0.25, -0.2) is 0 Å². The molecule has 2 rings (SSSR count). The van der Waals surface area contributed by atoms with Crippen molar-refractivity contribution in [3.8, 4) is 5.75 Å². The van der Waals surface area contributed by atoms with Crippen molar-refractivity contribution < 1.29 is 9.53 Å². The minimum Gasteiger partial charge on any atom is -0.493 e. The fraction of sp³-hybridized carbons (Fsp3) is 0.278. The maximum absolute atomic E-state index is 11.9. The Morgan fingerprint density at radius 2 is 1.87 bits per heavy atom. The molecule has 5 heteroatoms. The molecular formula is C18H23ClN2O2. The molecule has 0 bridgehead atoms. The fourth-order valence-electron chi connectivity index (χ4n) is 2.10. The first-order chi connectivity index (χ1) is 10.7. The van der Waals surface area contributed by atoms with E-state index in [-0.39, 0.29) is 18.3 Å². The number of ether oxygens (including phenoxy) is 1. The highest BCUT2D eigenvalue weighted by atomic mass is 35.5. The SMILES string of the molecule is CNCc1ccc(NC(=O)CCOc2cccc(C)c2)cc1.Cl. The predicted molar refractivity (Wildman–Crippen MR) is 96.4 cm³/mol. The van der Waals surface area contributed by atoms with Crippen molar-refractivity contribution in [3.63, 3.8) is 0 Å². The molecule has 0 aliphatic heterocycles. The van der Waals surface area contributed by atoms with Crippen LogP contribution in [0.1, 0.15) is 17.5 Å². The topological polar surface area (TPSA) is 50.4 Å². The van der Waals surface area contributed by atoms with Crippen molar-refractivity contribution in [2.45, 2.75) is 19.9 Å². The van der Waals surface area contributed by atoms with E-state index >= 15 is 0 Å². The lowest BCUT2D eigenvalue weighted by Crippen LogP contribution is -2.15. The third-order valence-corrected chi connectivity index (χ3v) is 3.21. The third kappa shape index (κ3) is 6.72. The summed E-state index contributed by atoms with van der Waals surface area (Å²) < 4.78 is 5.58. The predicted octanol–water partition coefficient (Wildman–Crippen LogP) is 3.54. The van der Waals surface area contributed by atoms with Crippen molar-refractivity contribution in [2.75, 3.05) is 19.0 Å². The first-order valence-electron chi connectivity index (χ1n) is 7.40. The summed E-state index contributed by atoms with van der Waals surface area (Å²) in [7, 11) is 1.91. The van der Waals surface area contributed by atoms with Gasteiger partial charge in [0.2, 0.25) is 5.91 Å². The second-order valence-corrected chi connectivity index (χ2v) is 5.19. The number of aryl methyl sites for hydroxylation is 1.